The number of carbonyl (C=O) groups excluding carboxylic acids is 1. The van der Waals surface area contributed by atoms with Crippen LogP contribution in [0.1, 0.15) is 12.8 Å². The van der Waals surface area contributed by atoms with Crippen LogP contribution >= 0.6 is 0 Å². The highest BCUT2D eigenvalue weighted by Gasteiger charge is 2.55. The van der Waals surface area contributed by atoms with Crippen molar-refractivity contribution in [3.8, 4) is 0 Å². The van der Waals surface area contributed by atoms with Crippen LogP contribution in [0.15, 0.2) is 0 Å². The number of amides is 1. The monoisotopic (exact) mass is 641 g/mol. The van der Waals surface area contributed by atoms with Crippen LogP contribution in [0, 0.1) is 5.92 Å². The van der Waals surface area contributed by atoms with E-state index in [4.69, 9.17) is 48.0 Å². The van der Waals surface area contributed by atoms with Crippen molar-refractivity contribution in [2.24, 2.45) is 34.6 Å². The first kappa shape index (κ1) is 37.2. The van der Waals surface area contributed by atoms with Gasteiger partial charge >= 0.3 is 0 Å². The second-order valence-corrected chi connectivity index (χ2v) is 11.9. The Hall–Kier alpha value is -1.21. The maximum Gasteiger partial charge on any atom is 0.249 e. The molecule has 3 aliphatic rings. The largest absolute Gasteiger partial charge is 0.395 e. The molecule has 2 aliphatic heterocycles. The van der Waals surface area contributed by atoms with Crippen molar-refractivity contribution in [2.45, 2.75) is 110 Å². The second-order valence-electron chi connectivity index (χ2n) is 11.9. The average Bonchev–Trinajstić information content (AvgIpc) is 2.99. The minimum absolute atomic E-state index is 0.00425. The maximum absolute atomic E-state index is 12.7. The van der Waals surface area contributed by atoms with Crippen LogP contribution < -0.4 is 39.3 Å². The van der Waals surface area contributed by atoms with Crippen LogP contribution in [-0.2, 0) is 19.0 Å². The Bertz CT molecular complexity index is 898. The first-order valence-electron chi connectivity index (χ1n) is 14.8. The predicted octanol–water partition coefficient (Wildman–Crippen LogP) is -9.23. The summed E-state index contributed by atoms with van der Waals surface area (Å²) < 4.78 is 17.6. The summed E-state index contributed by atoms with van der Waals surface area (Å²) >= 11 is 0. The van der Waals surface area contributed by atoms with E-state index in [1.54, 1.807) is 0 Å². The summed E-state index contributed by atoms with van der Waals surface area (Å²) in [6.07, 6.45) is -15.6. The highest BCUT2D eigenvalue weighted by molar-refractivity contribution is 5.80. The van der Waals surface area contributed by atoms with Gasteiger partial charge in [-0.2, -0.15) is 0 Å². The van der Waals surface area contributed by atoms with Crippen molar-refractivity contribution in [2.75, 3.05) is 32.8 Å². The molecule has 1 aliphatic carbocycles. The third-order valence-electron chi connectivity index (χ3n) is 8.65. The van der Waals surface area contributed by atoms with Crippen molar-refractivity contribution < 1.29 is 59.9 Å². The van der Waals surface area contributed by atoms with Gasteiger partial charge in [0.25, 0.3) is 0 Å². The van der Waals surface area contributed by atoms with Crippen molar-refractivity contribution in [3.63, 3.8) is 0 Å². The molecule has 1 amide bonds. The summed E-state index contributed by atoms with van der Waals surface area (Å²) in [5.74, 6) is -1.90. The highest BCUT2D eigenvalue weighted by atomic mass is 16.7. The van der Waals surface area contributed by atoms with E-state index in [1.165, 1.54) is 0 Å². The fourth-order valence-electron chi connectivity index (χ4n) is 6.01. The Kier molecular flexibility index (Phi) is 14.0. The fraction of sp³-hybridized carbons (Fsp3) is 0.960. The number of hydrogen-bond donors (Lipinski definition) is 15. The van der Waals surface area contributed by atoms with Crippen LogP contribution in [0.5, 0.6) is 0 Å². The molecule has 3 rings (SSSR count). The summed E-state index contributed by atoms with van der Waals surface area (Å²) in [7, 11) is 0. The summed E-state index contributed by atoms with van der Waals surface area (Å²) in [6, 6.07) is -5.14. The number of aliphatic hydroxyl groups is 8. The summed E-state index contributed by atoms with van der Waals surface area (Å²) in [4.78, 5) is 12.7. The van der Waals surface area contributed by atoms with Crippen LogP contribution in [-0.4, -0.2) is 177 Å². The molecule has 17 unspecified atom stereocenters. The van der Waals surface area contributed by atoms with Crippen molar-refractivity contribution in [1.29, 1.82) is 0 Å². The first-order valence-corrected chi connectivity index (χ1v) is 14.8. The molecule has 0 bridgehead atoms. The lowest BCUT2D eigenvalue weighted by Gasteiger charge is -2.52. The molecule has 2 heterocycles. The van der Waals surface area contributed by atoms with Crippen LogP contribution in [0.4, 0.5) is 0 Å². The maximum atomic E-state index is 12.7. The molecule has 1 saturated carbocycles. The van der Waals surface area contributed by atoms with E-state index in [0.29, 0.717) is 0 Å². The second kappa shape index (κ2) is 16.6. The number of carbonyl (C=O) groups is 1. The molecule has 19 heteroatoms. The van der Waals surface area contributed by atoms with Gasteiger partial charge in [0, 0.05) is 31.1 Å². The number of hydrogen-bond acceptors (Lipinski definition) is 18. The van der Waals surface area contributed by atoms with Gasteiger partial charge in [-0.05, 0) is 19.4 Å². The molecule has 44 heavy (non-hydrogen) atoms. The van der Waals surface area contributed by atoms with E-state index >= 15 is 0 Å². The number of nitrogens with two attached hydrogens (primary N) is 5. The SMILES string of the molecule is NCCC(O)C(=O)NC1CC(N)C(C2OC(CNCC(N)CO)C(O)C(O)C2N)C(O)C1OC1OC(CO)C(O)C(N)C1O. The van der Waals surface area contributed by atoms with Crippen LogP contribution in [0.2, 0.25) is 0 Å². The van der Waals surface area contributed by atoms with E-state index in [1.807, 2.05) is 0 Å². The lowest BCUT2D eigenvalue weighted by molar-refractivity contribution is -0.307. The van der Waals surface area contributed by atoms with Crippen LogP contribution in [0.3, 0.4) is 0 Å². The Morgan fingerprint density at radius 3 is 2.23 bits per heavy atom. The van der Waals surface area contributed by atoms with Gasteiger partial charge < -0.3 is 94.4 Å². The fourth-order valence-corrected chi connectivity index (χ4v) is 6.01. The lowest BCUT2D eigenvalue weighted by Crippen LogP contribution is -2.72. The van der Waals surface area contributed by atoms with E-state index < -0.39 is 116 Å². The topological polar surface area (TPSA) is 361 Å². The first-order chi connectivity index (χ1) is 20.8. The molecule has 0 aromatic rings. The predicted molar refractivity (Wildman–Crippen MR) is 151 cm³/mol. The van der Waals surface area contributed by atoms with E-state index in [2.05, 4.69) is 10.6 Å². The number of aliphatic hydroxyl groups excluding tert-OH is 8. The number of rotatable bonds is 13. The molecule has 2 saturated heterocycles. The Morgan fingerprint density at radius 2 is 1.61 bits per heavy atom. The summed E-state index contributed by atoms with van der Waals surface area (Å²) in [5.41, 5.74) is 29.8. The molecule has 258 valence electrons. The molecule has 0 aromatic heterocycles. The highest BCUT2D eigenvalue weighted by Crippen LogP contribution is 2.37. The molecule has 19 nitrogen and oxygen atoms in total. The zero-order valence-electron chi connectivity index (χ0n) is 24.4. The Labute approximate surface area is 254 Å². The Balaban J connectivity index is 1.88. The molecular weight excluding hydrogens is 590 g/mol. The quantitative estimate of drug-likeness (QED) is 0.0887. The van der Waals surface area contributed by atoms with Crippen LogP contribution in [0.25, 0.3) is 0 Å². The minimum atomic E-state index is -1.63. The number of ether oxygens (including phenoxy) is 3. The molecule has 0 spiro atoms. The van der Waals surface area contributed by atoms with Gasteiger partial charge in [-0.1, -0.05) is 0 Å². The van der Waals surface area contributed by atoms with Gasteiger partial charge in [0.15, 0.2) is 6.29 Å². The third kappa shape index (κ3) is 8.38. The third-order valence-corrected chi connectivity index (χ3v) is 8.65. The minimum Gasteiger partial charge on any atom is -0.395 e. The number of nitrogens with one attached hydrogen (secondary N) is 2. The molecule has 17 atom stereocenters. The summed E-state index contributed by atoms with van der Waals surface area (Å²) in [5, 5.41) is 88.6. The van der Waals surface area contributed by atoms with E-state index in [-0.39, 0.29) is 39.1 Å². The van der Waals surface area contributed by atoms with Gasteiger partial charge in [-0.15, -0.1) is 0 Å². The zero-order chi connectivity index (χ0) is 32.9. The molecule has 20 N–H and O–H groups in total. The smallest absolute Gasteiger partial charge is 0.249 e. The van der Waals surface area contributed by atoms with E-state index in [0.717, 1.165) is 0 Å². The molecular formula is C25H51N7O12. The van der Waals surface area contributed by atoms with Gasteiger partial charge in [0.1, 0.15) is 42.7 Å². The molecule has 3 fully saturated rings. The van der Waals surface area contributed by atoms with Crippen molar-refractivity contribution >= 4 is 5.91 Å². The standard InChI is InChI=1S/C25H51N7O12/c26-2-1-11(35)24(41)32-10-3-9(28)14(19(38)22(10)44-25-21(40)15(29)17(36)13(7-34)43-25)23-16(30)20(39)18(37)12(42-23)5-31-4-8(27)6-33/h8-23,25,31,33-40H,1-7,26-30H2,(H,32,41). The molecule has 0 radical (unpaired) electrons. The van der Waals surface area contributed by atoms with Crippen molar-refractivity contribution in [3.05, 3.63) is 0 Å². The Morgan fingerprint density at radius 1 is 0.932 bits per heavy atom. The zero-order valence-corrected chi connectivity index (χ0v) is 24.4. The average molecular weight is 642 g/mol. The lowest BCUT2D eigenvalue weighted by atomic mass is 9.71. The molecule has 0 aromatic carbocycles. The van der Waals surface area contributed by atoms with Gasteiger partial charge in [0.2, 0.25) is 5.91 Å². The van der Waals surface area contributed by atoms with Gasteiger partial charge in [0.05, 0.1) is 49.7 Å². The van der Waals surface area contributed by atoms with Crippen molar-refractivity contribution in [1.82, 2.24) is 10.6 Å². The van der Waals surface area contributed by atoms with E-state index in [9.17, 15) is 40.5 Å². The summed E-state index contributed by atoms with van der Waals surface area (Å²) in [6.45, 7) is -0.774. The van der Waals surface area contributed by atoms with Gasteiger partial charge in [-0.25, -0.2) is 0 Å². The normalized spacial score (nSPS) is 44.6. The van der Waals surface area contributed by atoms with Gasteiger partial charge in [-0.3, -0.25) is 4.79 Å².